The lowest BCUT2D eigenvalue weighted by Crippen LogP contribution is -1.92. The first-order valence-corrected chi connectivity index (χ1v) is 14.4. The van der Waals surface area contributed by atoms with Gasteiger partial charge in [-0.3, -0.25) is 4.57 Å². The number of hydrogen-bond donors (Lipinski definition) is 0. The number of benzene rings is 7. The molecule has 0 aliphatic carbocycles. The number of aromatic nitrogens is 1. The summed E-state index contributed by atoms with van der Waals surface area (Å²) in [5, 5.41) is 8.41. The van der Waals surface area contributed by atoms with Gasteiger partial charge in [0.15, 0.2) is 0 Å². The Bertz CT molecular complexity index is 2390. The minimum atomic E-state index is 0.874. The van der Waals surface area contributed by atoms with E-state index in [4.69, 9.17) is 4.42 Å². The number of fused-ring (bicyclic) bond motifs is 7. The molecule has 7 aromatic carbocycles. The molecule has 0 saturated heterocycles. The summed E-state index contributed by atoms with van der Waals surface area (Å²) >= 11 is 0. The first-order valence-electron chi connectivity index (χ1n) is 14.4. The summed E-state index contributed by atoms with van der Waals surface area (Å²) in [6.45, 7) is 0. The number of para-hydroxylation sites is 3. The van der Waals surface area contributed by atoms with Gasteiger partial charge in [0, 0.05) is 27.6 Å². The fraction of sp³-hybridized carbons (Fsp3) is 0. The van der Waals surface area contributed by atoms with Crippen LogP contribution in [0.2, 0.25) is 0 Å². The summed E-state index contributed by atoms with van der Waals surface area (Å²) in [7, 11) is 0. The third-order valence-electron chi connectivity index (χ3n) is 8.59. The van der Waals surface area contributed by atoms with E-state index in [1.54, 1.807) is 0 Å². The van der Waals surface area contributed by atoms with Crippen molar-refractivity contribution in [2.75, 3.05) is 0 Å². The van der Waals surface area contributed by atoms with Crippen LogP contribution in [0.1, 0.15) is 0 Å². The van der Waals surface area contributed by atoms with E-state index >= 15 is 0 Å². The molecule has 0 aliphatic rings. The molecule has 0 unspecified atom stereocenters. The van der Waals surface area contributed by atoms with E-state index in [9.17, 15) is 0 Å². The summed E-state index contributed by atoms with van der Waals surface area (Å²) in [6, 6.07) is 54.0. The molecule has 0 N–H and O–H groups in total. The predicted molar refractivity (Wildman–Crippen MR) is 176 cm³/mol. The van der Waals surface area contributed by atoms with E-state index in [0.29, 0.717) is 0 Å². The van der Waals surface area contributed by atoms with E-state index in [1.165, 1.54) is 43.6 Å². The molecule has 2 aromatic heterocycles. The van der Waals surface area contributed by atoms with Crippen LogP contribution >= 0.6 is 0 Å². The molecule has 2 heteroatoms. The zero-order valence-corrected chi connectivity index (χ0v) is 22.8. The van der Waals surface area contributed by atoms with Crippen molar-refractivity contribution in [3.8, 4) is 27.9 Å². The van der Waals surface area contributed by atoms with Crippen molar-refractivity contribution in [1.82, 2.24) is 4.57 Å². The normalized spacial score (nSPS) is 11.8. The smallest absolute Gasteiger partial charge is 0.213 e. The third-order valence-corrected chi connectivity index (χ3v) is 8.59. The van der Waals surface area contributed by atoms with Gasteiger partial charge in [0.2, 0.25) is 5.71 Å². The molecular weight excluding hydrogens is 510 g/mol. The highest BCUT2D eigenvalue weighted by molar-refractivity contribution is 6.26. The second-order valence-electron chi connectivity index (χ2n) is 10.9. The quantitative estimate of drug-likeness (QED) is 0.206. The Labute approximate surface area is 242 Å². The van der Waals surface area contributed by atoms with Crippen LogP contribution in [0.15, 0.2) is 156 Å². The highest BCUT2D eigenvalue weighted by Crippen LogP contribution is 2.47. The van der Waals surface area contributed by atoms with Crippen LogP contribution in [0, 0.1) is 0 Å². The summed E-state index contributed by atoms with van der Waals surface area (Å²) in [5.74, 6) is 0. The van der Waals surface area contributed by atoms with Gasteiger partial charge < -0.3 is 4.42 Å². The van der Waals surface area contributed by atoms with Crippen LogP contribution in [-0.4, -0.2) is 4.57 Å². The minimum absolute atomic E-state index is 0.874. The summed E-state index contributed by atoms with van der Waals surface area (Å²) in [6.07, 6.45) is 0. The molecular formula is C40H25NO. The largest absolute Gasteiger partial charge is 0.438 e. The SMILES string of the molecule is c1ccc(-c2c3ccccc3c(-c3cccc4c3oc3c4c4ccccc4n3-c3ccccc3)c3ccccc23)cc1. The van der Waals surface area contributed by atoms with Crippen LogP contribution in [0.25, 0.3) is 82.5 Å². The summed E-state index contributed by atoms with van der Waals surface area (Å²) < 4.78 is 9.24. The molecule has 0 bridgehead atoms. The zero-order valence-electron chi connectivity index (χ0n) is 22.8. The average Bonchev–Trinajstić information content (AvgIpc) is 3.59. The molecule has 0 spiro atoms. The minimum Gasteiger partial charge on any atom is -0.438 e. The maximum Gasteiger partial charge on any atom is 0.213 e. The van der Waals surface area contributed by atoms with Crippen molar-refractivity contribution in [3.05, 3.63) is 152 Å². The zero-order chi connectivity index (χ0) is 27.6. The van der Waals surface area contributed by atoms with Crippen molar-refractivity contribution < 1.29 is 4.42 Å². The van der Waals surface area contributed by atoms with Crippen LogP contribution in [0.4, 0.5) is 0 Å². The van der Waals surface area contributed by atoms with Crippen molar-refractivity contribution in [2.24, 2.45) is 0 Å². The number of hydrogen-bond acceptors (Lipinski definition) is 1. The van der Waals surface area contributed by atoms with Gasteiger partial charge in [-0.15, -0.1) is 0 Å². The summed E-state index contributed by atoms with van der Waals surface area (Å²) in [4.78, 5) is 0. The lowest BCUT2D eigenvalue weighted by Gasteiger charge is -2.17. The van der Waals surface area contributed by atoms with E-state index in [0.717, 1.165) is 38.8 Å². The number of nitrogens with zero attached hydrogens (tertiary/aromatic N) is 1. The first kappa shape index (κ1) is 23.1. The molecule has 0 saturated carbocycles. The Morgan fingerprint density at radius 3 is 1.60 bits per heavy atom. The van der Waals surface area contributed by atoms with E-state index in [-0.39, 0.29) is 0 Å². The topological polar surface area (TPSA) is 18.1 Å². The van der Waals surface area contributed by atoms with Gasteiger partial charge >= 0.3 is 0 Å². The highest BCUT2D eigenvalue weighted by Gasteiger charge is 2.23. The van der Waals surface area contributed by atoms with Gasteiger partial charge in [-0.05, 0) is 50.9 Å². The summed E-state index contributed by atoms with van der Waals surface area (Å²) in [5.41, 5.74) is 8.84. The van der Waals surface area contributed by atoms with Gasteiger partial charge in [0.05, 0.1) is 10.9 Å². The lowest BCUT2D eigenvalue weighted by molar-refractivity contribution is 0.646. The van der Waals surface area contributed by atoms with Gasteiger partial charge in [0.25, 0.3) is 0 Å². The van der Waals surface area contributed by atoms with Crippen LogP contribution in [-0.2, 0) is 0 Å². The van der Waals surface area contributed by atoms with Crippen LogP contribution < -0.4 is 0 Å². The Balaban J connectivity index is 1.44. The van der Waals surface area contributed by atoms with E-state index in [2.05, 4.69) is 156 Å². The Hall–Kier alpha value is -5.60. The Morgan fingerprint density at radius 1 is 0.405 bits per heavy atom. The second-order valence-corrected chi connectivity index (χ2v) is 10.9. The van der Waals surface area contributed by atoms with Crippen LogP contribution in [0.3, 0.4) is 0 Å². The lowest BCUT2D eigenvalue weighted by atomic mass is 9.85. The number of furan rings is 1. The molecule has 0 atom stereocenters. The molecule has 0 amide bonds. The molecule has 42 heavy (non-hydrogen) atoms. The van der Waals surface area contributed by atoms with Crippen molar-refractivity contribution in [1.29, 1.82) is 0 Å². The van der Waals surface area contributed by atoms with E-state index in [1.807, 2.05) is 0 Å². The van der Waals surface area contributed by atoms with Crippen LogP contribution in [0.5, 0.6) is 0 Å². The average molecular weight is 536 g/mol. The first-order chi connectivity index (χ1) is 20.9. The van der Waals surface area contributed by atoms with Crippen molar-refractivity contribution >= 4 is 54.5 Å². The molecule has 9 aromatic rings. The predicted octanol–water partition coefficient (Wildman–Crippen LogP) is 11.2. The Kier molecular flexibility index (Phi) is 4.93. The molecule has 0 radical (unpaired) electrons. The van der Waals surface area contributed by atoms with Crippen molar-refractivity contribution in [2.45, 2.75) is 0 Å². The molecule has 2 nitrogen and oxygen atoms in total. The fourth-order valence-corrected chi connectivity index (χ4v) is 6.88. The second kappa shape index (κ2) is 8.95. The van der Waals surface area contributed by atoms with Gasteiger partial charge in [-0.2, -0.15) is 0 Å². The molecule has 2 heterocycles. The fourth-order valence-electron chi connectivity index (χ4n) is 6.88. The molecule has 0 fully saturated rings. The highest BCUT2D eigenvalue weighted by atomic mass is 16.3. The van der Waals surface area contributed by atoms with Gasteiger partial charge in [-0.25, -0.2) is 0 Å². The van der Waals surface area contributed by atoms with E-state index < -0.39 is 0 Å². The monoisotopic (exact) mass is 535 g/mol. The van der Waals surface area contributed by atoms with Crippen molar-refractivity contribution in [3.63, 3.8) is 0 Å². The molecule has 196 valence electrons. The molecule has 0 aliphatic heterocycles. The molecule has 9 rings (SSSR count). The maximum atomic E-state index is 6.98. The number of rotatable bonds is 3. The Morgan fingerprint density at radius 2 is 0.929 bits per heavy atom. The standard InChI is InChI=1S/C40H25NO/c1-3-14-26(15-4-1)36-28-18-7-9-20-30(28)37(31-21-10-8-19-29(31)36)33-23-13-24-34-38-32-22-11-12-25-35(32)41(40(38)42-39(33)34)27-16-5-2-6-17-27/h1-25H. The maximum absolute atomic E-state index is 6.98. The third kappa shape index (κ3) is 3.21. The van der Waals surface area contributed by atoms with Gasteiger partial charge in [-0.1, -0.05) is 133 Å². The van der Waals surface area contributed by atoms with Gasteiger partial charge in [0.1, 0.15) is 5.58 Å².